The van der Waals surface area contributed by atoms with E-state index in [2.05, 4.69) is 27.9 Å². The first-order valence-electron chi connectivity index (χ1n) is 11.0. The smallest absolute Gasteiger partial charge is 0.287 e. The zero-order valence-corrected chi connectivity index (χ0v) is 18.1. The van der Waals surface area contributed by atoms with Crippen LogP contribution in [0.2, 0.25) is 0 Å². The van der Waals surface area contributed by atoms with Crippen LogP contribution in [0.5, 0.6) is 0 Å². The van der Waals surface area contributed by atoms with Crippen molar-refractivity contribution in [1.82, 2.24) is 16.0 Å². The van der Waals surface area contributed by atoms with Crippen LogP contribution in [0, 0.1) is 12.3 Å². The Hall–Kier alpha value is -2.02. The SMILES string of the molecule is CCOC1CC(NC(=NC)NCCCNC(=O)c2occc2C)C12CCCCC2. The topological polar surface area (TPSA) is 87.9 Å². The normalized spacial score (nSPS) is 23.5. The van der Waals surface area contributed by atoms with E-state index in [1.165, 1.54) is 38.4 Å². The largest absolute Gasteiger partial charge is 0.459 e. The van der Waals surface area contributed by atoms with Crippen molar-refractivity contribution in [1.29, 1.82) is 0 Å². The fourth-order valence-electron chi connectivity index (χ4n) is 4.81. The van der Waals surface area contributed by atoms with Gasteiger partial charge in [-0.3, -0.25) is 9.79 Å². The van der Waals surface area contributed by atoms with E-state index in [0.717, 1.165) is 37.5 Å². The molecule has 1 spiro atoms. The molecule has 7 nitrogen and oxygen atoms in total. The molecule has 1 aromatic rings. The van der Waals surface area contributed by atoms with Crippen LogP contribution in [0.25, 0.3) is 0 Å². The predicted octanol–water partition coefficient (Wildman–Crippen LogP) is 3.00. The molecule has 2 unspecified atom stereocenters. The highest BCUT2D eigenvalue weighted by atomic mass is 16.5. The molecule has 1 heterocycles. The van der Waals surface area contributed by atoms with Gasteiger partial charge in [0.25, 0.3) is 5.91 Å². The van der Waals surface area contributed by atoms with Gasteiger partial charge in [0.05, 0.1) is 12.4 Å². The van der Waals surface area contributed by atoms with E-state index >= 15 is 0 Å². The van der Waals surface area contributed by atoms with Crippen molar-refractivity contribution in [3.63, 3.8) is 0 Å². The van der Waals surface area contributed by atoms with Crippen molar-refractivity contribution in [2.45, 2.75) is 70.9 Å². The summed E-state index contributed by atoms with van der Waals surface area (Å²) in [5, 5.41) is 9.92. The van der Waals surface area contributed by atoms with Gasteiger partial charge in [0.15, 0.2) is 11.7 Å². The summed E-state index contributed by atoms with van der Waals surface area (Å²) in [6.45, 7) is 6.07. The van der Waals surface area contributed by atoms with Gasteiger partial charge >= 0.3 is 0 Å². The minimum absolute atomic E-state index is 0.161. The number of aliphatic imine (C=N–C) groups is 1. The first kappa shape index (κ1) is 21.7. The molecule has 1 amide bonds. The number of amides is 1. The van der Waals surface area contributed by atoms with Crippen LogP contribution in [0.4, 0.5) is 0 Å². The second-order valence-corrected chi connectivity index (χ2v) is 8.21. The van der Waals surface area contributed by atoms with Gasteiger partial charge < -0.3 is 25.1 Å². The van der Waals surface area contributed by atoms with Gasteiger partial charge in [-0.25, -0.2) is 0 Å². The molecule has 2 aliphatic carbocycles. The van der Waals surface area contributed by atoms with Gasteiger partial charge in [0, 0.05) is 43.8 Å². The molecule has 0 bridgehead atoms. The number of hydrogen-bond donors (Lipinski definition) is 3. The van der Waals surface area contributed by atoms with E-state index in [-0.39, 0.29) is 11.3 Å². The minimum Gasteiger partial charge on any atom is -0.459 e. The summed E-state index contributed by atoms with van der Waals surface area (Å²) in [5.41, 5.74) is 1.12. The molecule has 3 N–H and O–H groups in total. The summed E-state index contributed by atoms with van der Waals surface area (Å²) in [5.74, 6) is 1.07. The van der Waals surface area contributed by atoms with Gasteiger partial charge in [-0.05, 0) is 45.6 Å². The van der Waals surface area contributed by atoms with Crippen molar-refractivity contribution in [3.05, 3.63) is 23.7 Å². The summed E-state index contributed by atoms with van der Waals surface area (Å²) in [4.78, 5) is 16.4. The second kappa shape index (κ2) is 10.1. The van der Waals surface area contributed by atoms with E-state index in [0.29, 0.717) is 24.5 Å². The van der Waals surface area contributed by atoms with E-state index in [4.69, 9.17) is 9.15 Å². The molecule has 162 valence electrons. The Morgan fingerprint density at radius 1 is 1.28 bits per heavy atom. The van der Waals surface area contributed by atoms with E-state index in [1.807, 2.05) is 14.0 Å². The Balaban J connectivity index is 1.40. The lowest BCUT2D eigenvalue weighted by atomic mass is 9.55. The zero-order valence-electron chi connectivity index (χ0n) is 18.1. The number of nitrogens with zero attached hydrogens (tertiary/aromatic N) is 1. The van der Waals surface area contributed by atoms with Crippen molar-refractivity contribution < 1.29 is 13.9 Å². The number of guanidine groups is 1. The van der Waals surface area contributed by atoms with Crippen LogP contribution in [0.15, 0.2) is 21.7 Å². The lowest BCUT2D eigenvalue weighted by Gasteiger charge is -2.57. The number of nitrogens with one attached hydrogen (secondary N) is 3. The Morgan fingerprint density at radius 2 is 2.03 bits per heavy atom. The standard InChI is InChI=1S/C22H36N4O3/c1-4-28-18-15-17(22(18)10-6-5-7-11-22)26-21(23-3)25-13-8-12-24-20(27)19-16(2)9-14-29-19/h9,14,17-18H,4-8,10-13,15H2,1-3H3,(H,24,27)(H2,23,25,26). The molecular formula is C22H36N4O3. The van der Waals surface area contributed by atoms with E-state index in [1.54, 1.807) is 6.07 Å². The molecule has 0 aliphatic heterocycles. The minimum atomic E-state index is -0.161. The van der Waals surface area contributed by atoms with Crippen molar-refractivity contribution in [2.24, 2.45) is 10.4 Å². The number of rotatable bonds is 8. The van der Waals surface area contributed by atoms with Crippen LogP contribution < -0.4 is 16.0 Å². The predicted molar refractivity (Wildman–Crippen MR) is 114 cm³/mol. The number of ether oxygens (including phenoxy) is 1. The summed E-state index contributed by atoms with van der Waals surface area (Å²) < 4.78 is 11.3. The Bertz CT molecular complexity index is 694. The first-order valence-corrected chi connectivity index (χ1v) is 11.0. The average molecular weight is 405 g/mol. The number of carbonyl (C=O) groups excluding carboxylic acids is 1. The van der Waals surface area contributed by atoms with Crippen molar-refractivity contribution in [2.75, 3.05) is 26.7 Å². The number of hydrogen-bond acceptors (Lipinski definition) is 4. The van der Waals surface area contributed by atoms with Crippen LogP contribution >= 0.6 is 0 Å². The van der Waals surface area contributed by atoms with Gasteiger partial charge in [-0.1, -0.05) is 19.3 Å². The molecule has 0 radical (unpaired) electrons. The molecule has 0 aromatic carbocycles. The van der Waals surface area contributed by atoms with Crippen LogP contribution in [-0.4, -0.2) is 50.8 Å². The lowest BCUT2D eigenvalue weighted by Crippen LogP contribution is -2.66. The third kappa shape index (κ3) is 4.94. The number of aryl methyl sites for hydroxylation is 1. The van der Waals surface area contributed by atoms with E-state index < -0.39 is 0 Å². The van der Waals surface area contributed by atoms with Gasteiger partial charge in [0.1, 0.15) is 0 Å². The van der Waals surface area contributed by atoms with Gasteiger partial charge in [0.2, 0.25) is 0 Å². The highest BCUT2D eigenvalue weighted by Gasteiger charge is 2.55. The third-order valence-corrected chi connectivity index (χ3v) is 6.47. The van der Waals surface area contributed by atoms with Crippen molar-refractivity contribution in [3.8, 4) is 0 Å². The first-order chi connectivity index (χ1) is 14.1. The lowest BCUT2D eigenvalue weighted by molar-refractivity contribution is -0.145. The fourth-order valence-corrected chi connectivity index (χ4v) is 4.81. The maximum atomic E-state index is 12.1. The number of furan rings is 1. The highest BCUT2D eigenvalue weighted by molar-refractivity contribution is 5.92. The molecule has 29 heavy (non-hydrogen) atoms. The molecule has 2 saturated carbocycles. The number of carbonyl (C=O) groups is 1. The molecule has 2 fully saturated rings. The Labute approximate surface area is 174 Å². The Kier molecular flexibility index (Phi) is 7.58. The fraction of sp³-hybridized carbons (Fsp3) is 0.727. The molecule has 3 rings (SSSR count). The molecule has 0 saturated heterocycles. The summed E-state index contributed by atoms with van der Waals surface area (Å²) in [7, 11) is 1.81. The molecule has 7 heteroatoms. The quantitative estimate of drug-likeness (QED) is 0.352. The molecule has 1 aromatic heterocycles. The maximum Gasteiger partial charge on any atom is 0.287 e. The van der Waals surface area contributed by atoms with Crippen LogP contribution in [0.3, 0.4) is 0 Å². The van der Waals surface area contributed by atoms with Gasteiger partial charge in [-0.2, -0.15) is 0 Å². The Morgan fingerprint density at radius 3 is 2.69 bits per heavy atom. The second-order valence-electron chi connectivity index (χ2n) is 8.21. The molecular weight excluding hydrogens is 368 g/mol. The average Bonchev–Trinajstić information content (AvgIpc) is 3.17. The monoisotopic (exact) mass is 404 g/mol. The summed E-state index contributed by atoms with van der Waals surface area (Å²) in [6, 6.07) is 2.22. The zero-order chi connectivity index (χ0) is 20.7. The summed E-state index contributed by atoms with van der Waals surface area (Å²) >= 11 is 0. The van der Waals surface area contributed by atoms with Crippen LogP contribution in [0.1, 0.15) is 68.0 Å². The maximum absolute atomic E-state index is 12.1. The third-order valence-electron chi connectivity index (χ3n) is 6.47. The van der Waals surface area contributed by atoms with E-state index in [9.17, 15) is 4.79 Å². The molecule has 2 aliphatic rings. The van der Waals surface area contributed by atoms with Crippen molar-refractivity contribution >= 4 is 11.9 Å². The highest BCUT2D eigenvalue weighted by Crippen LogP contribution is 2.53. The molecule has 2 atom stereocenters. The van der Waals surface area contributed by atoms with Crippen LogP contribution in [-0.2, 0) is 4.74 Å². The van der Waals surface area contributed by atoms with Gasteiger partial charge in [-0.15, -0.1) is 0 Å². The summed E-state index contributed by atoms with van der Waals surface area (Å²) in [6.07, 6.45) is 10.2.